The van der Waals surface area contributed by atoms with Crippen molar-refractivity contribution in [2.24, 2.45) is 17.3 Å². The van der Waals surface area contributed by atoms with Crippen LogP contribution in [0.4, 0.5) is 0 Å². The van der Waals surface area contributed by atoms with Crippen LogP contribution < -0.4 is 4.74 Å². The van der Waals surface area contributed by atoms with E-state index in [4.69, 9.17) is 9.47 Å². The van der Waals surface area contributed by atoms with Crippen molar-refractivity contribution in [1.82, 2.24) is 0 Å². The quantitative estimate of drug-likeness (QED) is 0.651. The average molecular weight is 387 g/mol. The van der Waals surface area contributed by atoms with E-state index in [9.17, 15) is 5.11 Å². The Balaban J connectivity index is 1.79. The van der Waals surface area contributed by atoms with Crippen LogP contribution in [0.15, 0.2) is 35.9 Å². The molecule has 0 heterocycles. The number of rotatable bonds is 6. The van der Waals surface area contributed by atoms with Gasteiger partial charge in [0, 0.05) is 0 Å². The molecule has 2 aliphatic carbocycles. The largest absolute Gasteiger partial charge is 0.497 e. The number of benzene rings is 1. The number of ether oxygens (including phenoxy) is 2. The van der Waals surface area contributed by atoms with Gasteiger partial charge in [0.05, 0.1) is 25.4 Å². The van der Waals surface area contributed by atoms with E-state index in [1.807, 2.05) is 6.07 Å². The fourth-order valence-electron chi connectivity index (χ4n) is 5.62. The van der Waals surface area contributed by atoms with Crippen molar-refractivity contribution >= 4 is 0 Å². The second-order valence-electron chi connectivity index (χ2n) is 9.87. The molecule has 0 saturated heterocycles. The SMILES string of the molecule is COc1cccc(CC[C@@H]2/C(=C/CO)CC[C@]3(C)[C@@H](OC(C)(C)C)CC[C@@H]23)c1. The van der Waals surface area contributed by atoms with Gasteiger partial charge in [-0.3, -0.25) is 0 Å². The van der Waals surface area contributed by atoms with E-state index in [0.717, 1.165) is 31.4 Å². The van der Waals surface area contributed by atoms with Crippen LogP contribution in [0.2, 0.25) is 0 Å². The van der Waals surface area contributed by atoms with Gasteiger partial charge >= 0.3 is 0 Å². The third-order valence-corrected chi connectivity index (χ3v) is 6.96. The third kappa shape index (κ3) is 4.63. The van der Waals surface area contributed by atoms with Gasteiger partial charge in [-0.1, -0.05) is 30.7 Å². The molecule has 1 aromatic rings. The number of hydrogen-bond donors (Lipinski definition) is 1. The maximum atomic E-state index is 9.58. The second-order valence-corrected chi connectivity index (χ2v) is 9.87. The lowest BCUT2D eigenvalue weighted by Crippen LogP contribution is -2.44. The molecular formula is C25H38O3. The van der Waals surface area contributed by atoms with E-state index in [1.54, 1.807) is 7.11 Å². The molecule has 0 aliphatic heterocycles. The van der Waals surface area contributed by atoms with E-state index in [-0.39, 0.29) is 17.6 Å². The summed E-state index contributed by atoms with van der Waals surface area (Å²) in [5, 5.41) is 9.58. The minimum absolute atomic E-state index is 0.0974. The lowest BCUT2D eigenvalue weighted by molar-refractivity contribution is -0.118. The summed E-state index contributed by atoms with van der Waals surface area (Å²) in [6.07, 6.45) is 9.22. The molecule has 0 spiro atoms. The van der Waals surface area contributed by atoms with Crippen LogP contribution in [-0.2, 0) is 11.2 Å². The van der Waals surface area contributed by atoms with Crippen LogP contribution in [0.3, 0.4) is 0 Å². The molecule has 3 rings (SSSR count). The molecule has 28 heavy (non-hydrogen) atoms. The van der Waals surface area contributed by atoms with Gasteiger partial charge in [0.1, 0.15) is 5.75 Å². The molecule has 0 radical (unpaired) electrons. The minimum Gasteiger partial charge on any atom is -0.497 e. The van der Waals surface area contributed by atoms with Gasteiger partial charge in [0.15, 0.2) is 0 Å². The lowest BCUT2D eigenvalue weighted by atomic mass is 9.60. The maximum Gasteiger partial charge on any atom is 0.119 e. The molecule has 0 amide bonds. The van der Waals surface area contributed by atoms with Crippen LogP contribution >= 0.6 is 0 Å². The van der Waals surface area contributed by atoms with Crippen LogP contribution in [-0.4, -0.2) is 30.5 Å². The summed E-state index contributed by atoms with van der Waals surface area (Å²) in [5.74, 6) is 2.10. The number of aliphatic hydroxyl groups excluding tert-OH is 1. The van der Waals surface area contributed by atoms with Crippen molar-refractivity contribution in [3.63, 3.8) is 0 Å². The zero-order valence-electron chi connectivity index (χ0n) is 18.3. The molecule has 4 atom stereocenters. The van der Waals surface area contributed by atoms with Gasteiger partial charge in [-0.15, -0.1) is 0 Å². The smallest absolute Gasteiger partial charge is 0.119 e. The first-order valence-electron chi connectivity index (χ1n) is 10.9. The number of hydrogen-bond acceptors (Lipinski definition) is 3. The van der Waals surface area contributed by atoms with Crippen LogP contribution in [0.5, 0.6) is 5.75 Å². The van der Waals surface area contributed by atoms with E-state index in [1.165, 1.54) is 24.0 Å². The Labute approximate surface area is 171 Å². The highest BCUT2D eigenvalue weighted by Crippen LogP contribution is 2.58. The molecule has 0 unspecified atom stereocenters. The van der Waals surface area contributed by atoms with Crippen molar-refractivity contribution in [3.8, 4) is 5.75 Å². The topological polar surface area (TPSA) is 38.7 Å². The minimum atomic E-state index is -0.0974. The van der Waals surface area contributed by atoms with Gasteiger partial charge in [0.25, 0.3) is 0 Å². The number of methoxy groups -OCH3 is 1. The highest BCUT2D eigenvalue weighted by atomic mass is 16.5. The Bertz CT molecular complexity index is 687. The second kappa shape index (κ2) is 8.59. The first kappa shape index (κ1) is 21.4. The van der Waals surface area contributed by atoms with Gasteiger partial charge in [-0.05, 0) is 94.2 Å². The Kier molecular flexibility index (Phi) is 6.56. The highest BCUT2D eigenvalue weighted by Gasteiger charge is 2.53. The molecule has 2 fully saturated rings. The van der Waals surface area contributed by atoms with Crippen LogP contribution in [0, 0.1) is 17.3 Å². The first-order chi connectivity index (χ1) is 13.3. The zero-order chi connectivity index (χ0) is 20.4. The molecular weight excluding hydrogens is 348 g/mol. The molecule has 0 aromatic heterocycles. The van der Waals surface area contributed by atoms with Gasteiger partial charge < -0.3 is 14.6 Å². The molecule has 2 aliphatic rings. The van der Waals surface area contributed by atoms with Crippen molar-refractivity contribution in [1.29, 1.82) is 0 Å². The van der Waals surface area contributed by atoms with Crippen molar-refractivity contribution < 1.29 is 14.6 Å². The lowest BCUT2D eigenvalue weighted by Gasteiger charge is -2.47. The molecule has 3 nitrogen and oxygen atoms in total. The van der Waals surface area contributed by atoms with Crippen LogP contribution in [0.1, 0.15) is 65.4 Å². The van der Waals surface area contributed by atoms with E-state index < -0.39 is 0 Å². The summed E-state index contributed by atoms with van der Waals surface area (Å²) in [7, 11) is 1.72. The highest BCUT2D eigenvalue weighted by molar-refractivity contribution is 5.29. The summed E-state index contributed by atoms with van der Waals surface area (Å²) in [6, 6.07) is 8.42. The molecule has 0 bridgehead atoms. The maximum absolute atomic E-state index is 9.58. The molecule has 3 heteroatoms. The fraction of sp³-hybridized carbons (Fsp3) is 0.680. The Morgan fingerprint density at radius 1 is 1.25 bits per heavy atom. The van der Waals surface area contributed by atoms with Crippen molar-refractivity contribution in [2.45, 2.75) is 77.9 Å². The number of aryl methyl sites for hydroxylation is 1. The zero-order valence-corrected chi connectivity index (χ0v) is 18.3. The standard InChI is InChI=1S/C25H38O3/c1-24(2,3)28-23-12-11-22-21(19(14-16-26)13-15-25(22,23)4)10-9-18-7-6-8-20(17-18)27-5/h6-8,14,17,21-23,26H,9-13,15-16H2,1-5H3/b19-14+/t21-,22+,23+,25+/m1/s1. The van der Waals surface area contributed by atoms with Gasteiger partial charge in [-0.25, -0.2) is 0 Å². The first-order valence-corrected chi connectivity index (χ1v) is 10.9. The summed E-state index contributed by atoms with van der Waals surface area (Å²) in [6.45, 7) is 9.11. The van der Waals surface area contributed by atoms with E-state index in [0.29, 0.717) is 17.9 Å². The normalized spacial score (nSPS) is 31.8. The molecule has 1 N–H and O–H groups in total. The Morgan fingerprint density at radius 2 is 2.04 bits per heavy atom. The Morgan fingerprint density at radius 3 is 2.71 bits per heavy atom. The van der Waals surface area contributed by atoms with Crippen LogP contribution in [0.25, 0.3) is 0 Å². The molecule has 2 saturated carbocycles. The van der Waals surface area contributed by atoms with E-state index >= 15 is 0 Å². The van der Waals surface area contributed by atoms with Crippen molar-refractivity contribution in [3.05, 3.63) is 41.5 Å². The fourth-order valence-corrected chi connectivity index (χ4v) is 5.62. The monoisotopic (exact) mass is 386 g/mol. The Hall–Kier alpha value is -1.32. The number of aliphatic hydroxyl groups is 1. The number of fused-ring (bicyclic) bond motifs is 1. The van der Waals surface area contributed by atoms with Crippen molar-refractivity contribution in [2.75, 3.05) is 13.7 Å². The summed E-state index contributed by atoms with van der Waals surface area (Å²) in [5.41, 5.74) is 2.93. The summed E-state index contributed by atoms with van der Waals surface area (Å²) >= 11 is 0. The summed E-state index contributed by atoms with van der Waals surface area (Å²) < 4.78 is 11.9. The third-order valence-electron chi connectivity index (χ3n) is 6.96. The molecule has 1 aromatic carbocycles. The predicted octanol–water partition coefficient (Wildman–Crippen LogP) is 5.56. The average Bonchev–Trinajstić information content (AvgIpc) is 2.96. The summed E-state index contributed by atoms with van der Waals surface area (Å²) in [4.78, 5) is 0. The van der Waals surface area contributed by atoms with Gasteiger partial charge in [-0.2, -0.15) is 0 Å². The number of allylic oxidation sites excluding steroid dienone is 1. The predicted molar refractivity (Wildman–Crippen MR) is 115 cm³/mol. The van der Waals surface area contributed by atoms with E-state index in [2.05, 4.69) is 52.0 Å². The molecule has 156 valence electrons. The van der Waals surface area contributed by atoms with Gasteiger partial charge in [0.2, 0.25) is 0 Å².